The Morgan fingerprint density at radius 3 is 2.67 bits per heavy atom. The second kappa shape index (κ2) is 7.24. The number of anilines is 2. The Labute approximate surface area is 126 Å². The molecule has 0 radical (unpaired) electrons. The molecule has 1 saturated carbocycles. The highest BCUT2D eigenvalue weighted by Crippen LogP contribution is 2.38. The van der Waals surface area contributed by atoms with Crippen LogP contribution in [0.15, 0.2) is 6.07 Å². The van der Waals surface area contributed by atoms with Crippen molar-refractivity contribution < 1.29 is 4.79 Å². The van der Waals surface area contributed by atoms with Crippen LogP contribution in [-0.4, -0.2) is 36.0 Å². The Bertz CT molecular complexity index is 485. The van der Waals surface area contributed by atoms with Gasteiger partial charge >= 0.3 is 0 Å². The molecule has 1 aliphatic carbocycles. The number of hydrogen-bond acceptors (Lipinski definition) is 5. The van der Waals surface area contributed by atoms with Gasteiger partial charge in [0.05, 0.1) is 0 Å². The Morgan fingerprint density at radius 1 is 1.33 bits per heavy atom. The van der Waals surface area contributed by atoms with Crippen LogP contribution in [0.4, 0.5) is 11.6 Å². The molecule has 0 atom stereocenters. The average Bonchev–Trinajstić information content (AvgIpc) is 3.29. The molecule has 0 unspecified atom stereocenters. The maximum absolute atomic E-state index is 11.6. The van der Waals surface area contributed by atoms with Gasteiger partial charge in [-0.3, -0.25) is 4.79 Å². The van der Waals surface area contributed by atoms with Gasteiger partial charge in [0.1, 0.15) is 17.5 Å². The van der Waals surface area contributed by atoms with E-state index in [-0.39, 0.29) is 5.91 Å². The summed E-state index contributed by atoms with van der Waals surface area (Å²) < 4.78 is 0. The van der Waals surface area contributed by atoms with Crippen LogP contribution in [0.1, 0.15) is 44.9 Å². The van der Waals surface area contributed by atoms with E-state index in [1.54, 1.807) is 0 Å². The number of amides is 1. The van der Waals surface area contributed by atoms with Crippen LogP contribution in [0.5, 0.6) is 0 Å². The van der Waals surface area contributed by atoms with Gasteiger partial charge in [-0.05, 0) is 18.8 Å². The van der Waals surface area contributed by atoms with Crippen LogP contribution in [-0.2, 0) is 4.79 Å². The van der Waals surface area contributed by atoms with Gasteiger partial charge in [0.25, 0.3) is 0 Å². The molecule has 0 saturated heterocycles. The summed E-state index contributed by atoms with van der Waals surface area (Å²) in [5.41, 5.74) is 0. The number of nitrogens with zero attached hydrogens (tertiary/aromatic N) is 2. The van der Waals surface area contributed by atoms with Crippen molar-refractivity contribution in [2.45, 2.75) is 39.0 Å². The van der Waals surface area contributed by atoms with Crippen molar-refractivity contribution in [1.82, 2.24) is 15.3 Å². The molecule has 0 spiro atoms. The van der Waals surface area contributed by atoms with Crippen molar-refractivity contribution in [2.75, 3.05) is 30.8 Å². The maximum atomic E-state index is 11.6. The third kappa shape index (κ3) is 5.21. The molecule has 1 aromatic heterocycles. The smallest absolute Gasteiger partial charge is 0.221 e. The third-order valence-electron chi connectivity index (χ3n) is 3.31. The lowest BCUT2D eigenvalue weighted by molar-refractivity contribution is -0.120. The fraction of sp³-hybridized carbons (Fsp3) is 0.667. The fourth-order valence-electron chi connectivity index (χ4n) is 1.92. The molecule has 3 N–H and O–H groups in total. The molecule has 0 aromatic carbocycles. The fourth-order valence-corrected chi connectivity index (χ4v) is 1.92. The molecule has 1 aliphatic rings. The van der Waals surface area contributed by atoms with Crippen molar-refractivity contribution in [3.63, 3.8) is 0 Å². The second-order valence-electron chi connectivity index (χ2n) is 5.90. The molecule has 21 heavy (non-hydrogen) atoms. The molecule has 1 fully saturated rings. The molecule has 1 amide bonds. The molecule has 1 aromatic rings. The zero-order valence-corrected chi connectivity index (χ0v) is 13.1. The summed E-state index contributed by atoms with van der Waals surface area (Å²) in [4.78, 5) is 20.6. The molecule has 6 heteroatoms. The molecule has 1 heterocycles. The first-order valence-electron chi connectivity index (χ1n) is 7.65. The SMILES string of the molecule is CNc1cc(NCCC(=O)NCC(C)C)nc(C2CC2)n1. The highest BCUT2D eigenvalue weighted by molar-refractivity contribution is 5.76. The maximum Gasteiger partial charge on any atom is 0.221 e. The van der Waals surface area contributed by atoms with Gasteiger partial charge in [0, 0.05) is 38.5 Å². The minimum absolute atomic E-state index is 0.0708. The lowest BCUT2D eigenvalue weighted by atomic mass is 10.2. The molecule has 2 rings (SSSR count). The Balaban J connectivity index is 1.82. The molecule has 6 nitrogen and oxygen atoms in total. The molecular formula is C15H25N5O. The van der Waals surface area contributed by atoms with Crippen LogP contribution >= 0.6 is 0 Å². The number of rotatable bonds is 8. The van der Waals surface area contributed by atoms with Crippen molar-refractivity contribution in [3.8, 4) is 0 Å². The average molecular weight is 291 g/mol. The van der Waals surface area contributed by atoms with Crippen molar-refractivity contribution in [3.05, 3.63) is 11.9 Å². The van der Waals surface area contributed by atoms with E-state index >= 15 is 0 Å². The molecule has 116 valence electrons. The largest absolute Gasteiger partial charge is 0.373 e. The van der Waals surface area contributed by atoms with E-state index in [4.69, 9.17) is 0 Å². The van der Waals surface area contributed by atoms with Gasteiger partial charge in [0.15, 0.2) is 0 Å². The number of nitrogens with one attached hydrogen (secondary N) is 3. The van der Waals surface area contributed by atoms with Crippen LogP contribution in [0.2, 0.25) is 0 Å². The Kier molecular flexibility index (Phi) is 5.36. The van der Waals surface area contributed by atoms with E-state index < -0.39 is 0 Å². The minimum Gasteiger partial charge on any atom is -0.373 e. The first-order chi connectivity index (χ1) is 10.1. The standard InChI is InChI=1S/C15H25N5O/c1-10(2)9-18-14(21)6-7-17-13-8-12(16-3)19-15(20-13)11-4-5-11/h8,10-11H,4-7,9H2,1-3H3,(H,18,21)(H2,16,17,19,20). The van der Waals surface area contributed by atoms with E-state index in [0.29, 0.717) is 24.8 Å². The van der Waals surface area contributed by atoms with Crippen LogP contribution in [0, 0.1) is 5.92 Å². The summed E-state index contributed by atoms with van der Waals surface area (Å²) in [7, 11) is 1.85. The van der Waals surface area contributed by atoms with Gasteiger partial charge in [0.2, 0.25) is 5.91 Å². The van der Waals surface area contributed by atoms with Crippen LogP contribution in [0.3, 0.4) is 0 Å². The molecule has 0 aliphatic heterocycles. The predicted molar refractivity (Wildman–Crippen MR) is 84.5 cm³/mol. The van der Waals surface area contributed by atoms with Gasteiger partial charge in [-0.1, -0.05) is 13.8 Å². The first-order valence-corrected chi connectivity index (χ1v) is 7.65. The Morgan fingerprint density at radius 2 is 2.05 bits per heavy atom. The zero-order valence-electron chi connectivity index (χ0n) is 13.1. The van der Waals surface area contributed by atoms with Crippen LogP contribution < -0.4 is 16.0 Å². The van der Waals surface area contributed by atoms with Crippen molar-refractivity contribution in [1.29, 1.82) is 0 Å². The molecule has 0 bridgehead atoms. The Hall–Kier alpha value is -1.85. The highest BCUT2D eigenvalue weighted by Gasteiger charge is 2.27. The minimum atomic E-state index is 0.0708. The zero-order chi connectivity index (χ0) is 15.2. The van der Waals surface area contributed by atoms with Crippen LogP contribution in [0.25, 0.3) is 0 Å². The quantitative estimate of drug-likeness (QED) is 0.682. The van der Waals surface area contributed by atoms with Crippen molar-refractivity contribution in [2.24, 2.45) is 5.92 Å². The highest BCUT2D eigenvalue weighted by atomic mass is 16.1. The van der Waals surface area contributed by atoms with E-state index in [1.165, 1.54) is 12.8 Å². The normalized spacial score (nSPS) is 14.1. The lowest BCUT2D eigenvalue weighted by Gasteiger charge is -2.10. The summed E-state index contributed by atoms with van der Waals surface area (Å²) in [6.45, 7) is 5.46. The third-order valence-corrected chi connectivity index (χ3v) is 3.31. The number of hydrogen-bond donors (Lipinski definition) is 3. The van der Waals surface area contributed by atoms with Crippen molar-refractivity contribution >= 4 is 17.5 Å². The van der Waals surface area contributed by atoms with E-state index in [1.807, 2.05) is 13.1 Å². The summed E-state index contributed by atoms with van der Waals surface area (Å²) in [6.07, 6.45) is 2.79. The number of aromatic nitrogens is 2. The second-order valence-corrected chi connectivity index (χ2v) is 5.90. The number of carbonyl (C=O) groups is 1. The van der Waals surface area contributed by atoms with Gasteiger partial charge in [-0.15, -0.1) is 0 Å². The van der Waals surface area contributed by atoms with E-state index in [0.717, 1.165) is 24.0 Å². The topological polar surface area (TPSA) is 78.9 Å². The summed E-state index contributed by atoms with van der Waals surface area (Å²) in [5, 5.41) is 9.17. The predicted octanol–water partition coefficient (Wildman–Crippen LogP) is 1.97. The van der Waals surface area contributed by atoms with E-state index in [9.17, 15) is 4.79 Å². The first kappa shape index (κ1) is 15.5. The summed E-state index contributed by atoms with van der Waals surface area (Å²) >= 11 is 0. The monoisotopic (exact) mass is 291 g/mol. The van der Waals surface area contributed by atoms with Gasteiger partial charge < -0.3 is 16.0 Å². The van der Waals surface area contributed by atoms with Gasteiger partial charge in [-0.25, -0.2) is 9.97 Å². The lowest BCUT2D eigenvalue weighted by Crippen LogP contribution is -2.28. The summed E-state index contributed by atoms with van der Waals surface area (Å²) in [6, 6.07) is 1.87. The summed E-state index contributed by atoms with van der Waals surface area (Å²) in [5.74, 6) is 3.55. The van der Waals surface area contributed by atoms with Gasteiger partial charge in [-0.2, -0.15) is 0 Å². The molecular weight excluding hydrogens is 266 g/mol. The van der Waals surface area contributed by atoms with E-state index in [2.05, 4.69) is 39.8 Å². The number of carbonyl (C=O) groups excluding carboxylic acids is 1.